The zero-order chi connectivity index (χ0) is 15.4. The van der Waals surface area contributed by atoms with Gasteiger partial charge in [-0.15, -0.1) is 0 Å². The Labute approximate surface area is 126 Å². The summed E-state index contributed by atoms with van der Waals surface area (Å²) in [6, 6.07) is 5.85. The predicted molar refractivity (Wildman–Crippen MR) is 85.5 cm³/mol. The average Bonchev–Trinajstić information content (AvgIpc) is 3.24. The average molecular weight is 291 g/mol. The van der Waals surface area contributed by atoms with Gasteiger partial charge >= 0.3 is 0 Å². The molecule has 0 spiro atoms. The van der Waals surface area contributed by atoms with Gasteiger partial charge in [0, 0.05) is 18.7 Å². The lowest BCUT2D eigenvalue weighted by Crippen LogP contribution is -2.37. The van der Waals surface area contributed by atoms with Gasteiger partial charge in [0.2, 0.25) is 5.91 Å². The first kappa shape index (κ1) is 15.6. The Kier molecular flexibility index (Phi) is 5.07. The minimum atomic E-state index is -0.0144. The molecule has 5 nitrogen and oxygen atoms in total. The molecular weight excluding hydrogens is 266 g/mol. The highest BCUT2D eigenvalue weighted by Gasteiger charge is 2.30. The minimum Gasteiger partial charge on any atom is -0.497 e. The summed E-state index contributed by atoms with van der Waals surface area (Å²) in [5.41, 5.74) is 7.08. The fourth-order valence-corrected chi connectivity index (χ4v) is 2.41. The number of anilines is 2. The van der Waals surface area contributed by atoms with Gasteiger partial charge in [-0.3, -0.25) is 9.69 Å². The van der Waals surface area contributed by atoms with Gasteiger partial charge in [0.1, 0.15) is 5.75 Å². The molecule has 0 heterocycles. The Morgan fingerprint density at radius 3 is 2.71 bits per heavy atom. The van der Waals surface area contributed by atoms with E-state index in [1.54, 1.807) is 25.3 Å². The zero-order valence-corrected chi connectivity index (χ0v) is 13.1. The van der Waals surface area contributed by atoms with Crippen molar-refractivity contribution in [2.45, 2.75) is 32.7 Å². The Morgan fingerprint density at radius 2 is 2.19 bits per heavy atom. The van der Waals surface area contributed by atoms with Gasteiger partial charge in [-0.05, 0) is 30.9 Å². The number of nitrogens with two attached hydrogens (primary N) is 1. The van der Waals surface area contributed by atoms with Crippen molar-refractivity contribution in [2.75, 3.05) is 31.2 Å². The smallest absolute Gasteiger partial charge is 0.238 e. The molecule has 1 aromatic rings. The number of hydrogen-bond acceptors (Lipinski definition) is 4. The molecule has 1 aromatic carbocycles. The van der Waals surface area contributed by atoms with Gasteiger partial charge in [-0.2, -0.15) is 0 Å². The molecule has 0 saturated heterocycles. The van der Waals surface area contributed by atoms with Gasteiger partial charge in [-0.1, -0.05) is 13.8 Å². The molecule has 1 aliphatic carbocycles. The molecule has 21 heavy (non-hydrogen) atoms. The summed E-state index contributed by atoms with van der Waals surface area (Å²) in [7, 11) is 1.59. The van der Waals surface area contributed by atoms with Crippen molar-refractivity contribution in [2.24, 2.45) is 5.92 Å². The Morgan fingerprint density at radius 1 is 1.48 bits per heavy atom. The van der Waals surface area contributed by atoms with E-state index in [0.29, 0.717) is 35.6 Å². The molecule has 116 valence electrons. The highest BCUT2D eigenvalue weighted by molar-refractivity contribution is 5.95. The maximum atomic E-state index is 12.2. The van der Waals surface area contributed by atoms with Gasteiger partial charge in [-0.25, -0.2) is 0 Å². The fraction of sp³-hybridized carbons (Fsp3) is 0.562. The van der Waals surface area contributed by atoms with Crippen molar-refractivity contribution in [1.29, 1.82) is 0 Å². The van der Waals surface area contributed by atoms with Crippen LogP contribution in [0.25, 0.3) is 0 Å². The fourth-order valence-electron chi connectivity index (χ4n) is 2.41. The second-order valence-corrected chi connectivity index (χ2v) is 6.06. The number of carbonyl (C=O) groups is 1. The number of carbonyl (C=O) groups excluding carboxylic acids is 1. The number of rotatable bonds is 7. The van der Waals surface area contributed by atoms with Crippen molar-refractivity contribution in [3.63, 3.8) is 0 Å². The molecule has 0 unspecified atom stereocenters. The summed E-state index contributed by atoms with van der Waals surface area (Å²) in [5.74, 6) is 1.23. The monoisotopic (exact) mass is 291 g/mol. The summed E-state index contributed by atoms with van der Waals surface area (Å²) in [6.45, 7) is 5.73. The maximum absolute atomic E-state index is 12.2. The second kappa shape index (κ2) is 6.80. The van der Waals surface area contributed by atoms with E-state index in [0.717, 1.165) is 6.54 Å². The van der Waals surface area contributed by atoms with Crippen molar-refractivity contribution in [1.82, 2.24) is 4.90 Å². The summed E-state index contributed by atoms with van der Waals surface area (Å²) >= 11 is 0. The van der Waals surface area contributed by atoms with Gasteiger partial charge in [0.15, 0.2) is 0 Å². The predicted octanol–water partition coefficient (Wildman–Crippen LogP) is 2.34. The van der Waals surface area contributed by atoms with Crippen LogP contribution in [-0.4, -0.2) is 37.0 Å². The largest absolute Gasteiger partial charge is 0.497 e. The van der Waals surface area contributed by atoms with Crippen molar-refractivity contribution in [3.8, 4) is 5.75 Å². The quantitative estimate of drug-likeness (QED) is 0.757. The molecule has 1 amide bonds. The SMILES string of the molecule is COc1ccc(NC(=O)CN(CC(C)C)C2CC2)c(N)c1. The van der Waals surface area contributed by atoms with Crippen LogP contribution in [0.15, 0.2) is 18.2 Å². The number of benzene rings is 1. The third kappa shape index (κ3) is 4.63. The van der Waals surface area contributed by atoms with Crippen LogP contribution in [0.2, 0.25) is 0 Å². The summed E-state index contributed by atoms with van der Waals surface area (Å²) < 4.78 is 5.10. The Bertz CT molecular complexity index is 498. The molecular formula is C16H25N3O2. The molecule has 5 heteroatoms. The standard InChI is InChI=1S/C16H25N3O2/c1-11(2)9-19(12-4-5-12)10-16(20)18-15-7-6-13(21-3)8-14(15)17/h6-8,11-12H,4-5,9-10,17H2,1-3H3,(H,18,20). The van der Waals surface area contributed by atoms with E-state index in [1.807, 2.05) is 0 Å². The maximum Gasteiger partial charge on any atom is 0.238 e. The lowest BCUT2D eigenvalue weighted by atomic mass is 10.2. The van der Waals surface area contributed by atoms with E-state index >= 15 is 0 Å². The third-order valence-electron chi connectivity index (χ3n) is 3.54. The summed E-state index contributed by atoms with van der Waals surface area (Å²) in [5, 5.41) is 2.89. The molecule has 2 rings (SSSR count). The number of hydrogen-bond donors (Lipinski definition) is 2. The van der Waals surface area contributed by atoms with Crippen LogP contribution in [0.3, 0.4) is 0 Å². The highest BCUT2D eigenvalue weighted by atomic mass is 16.5. The summed E-state index contributed by atoms with van der Waals surface area (Å²) in [4.78, 5) is 14.5. The van der Waals surface area contributed by atoms with E-state index < -0.39 is 0 Å². The minimum absolute atomic E-state index is 0.0144. The highest BCUT2D eigenvalue weighted by Crippen LogP contribution is 2.28. The molecule has 1 saturated carbocycles. The van der Waals surface area contributed by atoms with E-state index in [2.05, 4.69) is 24.1 Å². The molecule has 0 aromatic heterocycles. The van der Waals surface area contributed by atoms with Crippen molar-refractivity contribution >= 4 is 17.3 Å². The van der Waals surface area contributed by atoms with Crippen molar-refractivity contribution < 1.29 is 9.53 Å². The molecule has 0 atom stereocenters. The van der Waals surface area contributed by atoms with Crippen LogP contribution in [0.5, 0.6) is 5.75 Å². The number of nitrogen functional groups attached to an aromatic ring is 1. The number of methoxy groups -OCH3 is 1. The van der Waals surface area contributed by atoms with E-state index in [4.69, 9.17) is 10.5 Å². The number of nitrogens with zero attached hydrogens (tertiary/aromatic N) is 1. The Hall–Kier alpha value is -1.75. The van der Waals surface area contributed by atoms with E-state index in [9.17, 15) is 4.79 Å². The number of amides is 1. The normalized spacial score (nSPS) is 14.5. The lowest BCUT2D eigenvalue weighted by molar-refractivity contribution is -0.117. The summed E-state index contributed by atoms with van der Waals surface area (Å²) in [6.07, 6.45) is 2.40. The zero-order valence-electron chi connectivity index (χ0n) is 13.1. The van der Waals surface area contributed by atoms with Crippen LogP contribution >= 0.6 is 0 Å². The first-order valence-corrected chi connectivity index (χ1v) is 7.47. The number of nitrogens with one attached hydrogen (secondary N) is 1. The molecule has 0 bridgehead atoms. The van der Waals surface area contributed by atoms with Gasteiger partial charge < -0.3 is 15.8 Å². The topological polar surface area (TPSA) is 67.6 Å². The van der Waals surface area contributed by atoms with E-state index in [-0.39, 0.29) is 5.91 Å². The lowest BCUT2D eigenvalue weighted by Gasteiger charge is -2.23. The Balaban J connectivity index is 1.94. The van der Waals surface area contributed by atoms with Crippen molar-refractivity contribution in [3.05, 3.63) is 18.2 Å². The molecule has 0 radical (unpaired) electrons. The number of ether oxygens (including phenoxy) is 1. The third-order valence-corrected chi connectivity index (χ3v) is 3.54. The molecule has 0 aliphatic heterocycles. The van der Waals surface area contributed by atoms with Crippen LogP contribution in [0, 0.1) is 5.92 Å². The molecule has 1 aliphatic rings. The van der Waals surface area contributed by atoms with Gasteiger partial charge in [0.25, 0.3) is 0 Å². The van der Waals surface area contributed by atoms with Crippen LogP contribution < -0.4 is 15.8 Å². The van der Waals surface area contributed by atoms with Crippen LogP contribution in [0.1, 0.15) is 26.7 Å². The van der Waals surface area contributed by atoms with Gasteiger partial charge in [0.05, 0.1) is 25.0 Å². The first-order valence-electron chi connectivity index (χ1n) is 7.47. The molecule has 1 fully saturated rings. The van der Waals surface area contributed by atoms with Crippen LogP contribution in [-0.2, 0) is 4.79 Å². The van der Waals surface area contributed by atoms with Crippen LogP contribution in [0.4, 0.5) is 11.4 Å². The second-order valence-electron chi connectivity index (χ2n) is 6.06. The first-order chi connectivity index (χ1) is 9.99. The van der Waals surface area contributed by atoms with E-state index in [1.165, 1.54) is 12.8 Å². The molecule has 3 N–H and O–H groups in total.